The zero-order valence-corrected chi connectivity index (χ0v) is 15.6. The van der Waals surface area contributed by atoms with Gasteiger partial charge in [-0.05, 0) is 45.9 Å². The standard InChI is InChI=1S/C27H18O/c1-17-9-8-13-19-18-10-2-5-14-22(18)27(25(17)19)23-15-6-3-11-20(23)26(28)21-12-4-7-16-24(21)27/h2-16H,1H3. The van der Waals surface area contributed by atoms with Crippen LogP contribution in [0.2, 0.25) is 0 Å². The molecule has 132 valence electrons. The van der Waals surface area contributed by atoms with Gasteiger partial charge in [0.25, 0.3) is 0 Å². The zero-order valence-electron chi connectivity index (χ0n) is 15.6. The van der Waals surface area contributed by atoms with E-state index in [1.807, 2.05) is 24.3 Å². The molecular weight excluding hydrogens is 340 g/mol. The molecule has 0 aromatic heterocycles. The normalized spacial score (nSPS) is 15.0. The van der Waals surface area contributed by atoms with Crippen LogP contribution in [-0.2, 0) is 5.41 Å². The SMILES string of the molecule is Cc1cccc2c1C1(c3ccccc3C(=O)c3ccccc31)c1ccccc1-2. The van der Waals surface area contributed by atoms with Crippen LogP contribution in [0.15, 0.2) is 91.0 Å². The maximum absolute atomic E-state index is 13.4. The molecule has 0 unspecified atom stereocenters. The third-order valence-electron chi connectivity index (χ3n) is 6.42. The van der Waals surface area contributed by atoms with Crippen molar-refractivity contribution in [3.63, 3.8) is 0 Å². The van der Waals surface area contributed by atoms with Crippen molar-refractivity contribution in [3.8, 4) is 11.1 Å². The summed E-state index contributed by atoms with van der Waals surface area (Å²) in [6.07, 6.45) is 0. The van der Waals surface area contributed by atoms with Crippen molar-refractivity contribution in [2.75, 3.05) is 0 Å². The predicted molar refractivity (Wildman–Crippen MR) is 112 cm³/mol. The summed E-state index contributed by atoms with van der Waals surface area (Å²) in [6, 6.07) is 31.5. The van der Waals surface area contributed by atoms with Crippen molar-refractivity contribution in [2.24, 2.45) is 0 Å². The molecule has 0 N–H and O–H groups in total. The van der Waals surface area contributed by atoms with Gasteiger partial charge in [0.1, 0.15) is 0 Å². The van der Waals surface area contributed by atoms with Gasteiger partial charge in [-0.15, -0.1) is 0 Å². The van der Waals surface area contributed by atoms with E-state index in [1.54, 1.807) is 0 Å². The summed E-state index contributed by atoms with van der Waals surface area (Å²) in [4.78, 5) is 13.4. The Morgan fingerprint density at radius 2 is 1.00 bits per heavy atom. The Bertz CT molecular complexity index is 1250. The predicted octanol–water partition coefficient (Wildman–Crippen LogP) is 5.90. The Labute approximate surface area is 164 Å². The first-order valence-corrected chi connectivity index (χ1v) is 9.68. The Morgan fingerprint density at radius 1 is 0.536 bits per heavy atom. The fourth-order valence-corrected chi connectivity index (χ4v) is 5.44. The minimum atomic E-state index is -0.446. The number of aryl methyl sites for hydroxylation is 1. The smallest absolute Gasteiger partial charge is 0.193 e. The Morgan fingerprint density at radius 3 is 1.61 bits per heavy atom. The van der Waals surface area contributed by atoms with E-state index in [1.165, 1.54) is 27.8 Å². The molecule has 6 rings (SSSR count). The Hall–Kier alpha value is -3.45. The van der Waals surface area contributed by atoms with Gasteiger partial charge in [-0.2, -0.15) is 0 Å². The van der Waals surface area contributed by atoms with Crippen LogP contribution in [-0.4, -0.2) is 5.78 Å². The summed E-state index contributed by atoms with van der Waals surface area (Å²) < 4.78 is 0. The molecule has 4 aromatic carbocycles. The van der Waals surface area contributed by atoms with Gasteiger partial charge in [-0.3, -0.25) is 4.79 Å². The molecule has 4 aromatic rings. The maximum atomic E-state index is 13.4. The van der Waals surface area contributed by atoms with E-state index in [9.17, 15) is 4.79 Å². The summed E-state index contributed by atoms with van der Waals surface area (Å²) in [5.41, 5.74) is 9.74. The second kappa shape index (κ2) is 5.30. The van der Waals surface area contributed by atoms with Gasteiger partial charge < -0.3 is 0 Å². The molecule has 0 bridgehead atoms. The Kier molecular flexibility index (Phi) is 2.95. The average molecular weight is 358 g/mol. The summed E-state index contributed by atoms with van der Waals surface area (Å²) in [7, 11) is 0. The van der Waals surface area contributed by atoms with Gasteiger partial charge in [-0.1, -0.05) is 91.0 Å². The van der Waals surface area contributed by atoms with Gasteiger partial charge in [0, 0.05) is 11.1 Å². The van der Waals surface area contributed by atoms with E-state index in [4.69, 9.17) is 0 Å². The molecule has 2 aliphatic carbocycles. The molecule has 1 heteroatoms. The largest absolute Gasteiger partial charge is 0.289 e. The molecule has 28 heavy (non-hydrogen) atoms. The van der Waals surface area contributed by atoms with E-state index in [0.29, 0.717) is 0 Å². The van der Waals surface area contributed by atoms with Crippen LogP contribution in [0.5, 0.6) is 0 Å². The summed E-state index contributed by atoms with van der Waals surface area (Å²) in [6.45, 7) is 2.19. The van der Waals surface area contributed by atoms with Crippen LogP contribution in [0.4, 0.5) is 0 Å². The Balaban J connectivity index is 1.91. The highest BCUT2D eigenvalue weighted by atomic mass is 16.1. The molecule has 0 saturated carbocycles. The molecule has 0 atom stereocenters. The van der Waals surface area contributed by atoms with E-state index >= 15 is 0 Å². The van der Waals surface area contributed by atoms with E-state index < -0.39 is 5.41 Å². The van der Waals surface area contributed by atoms with Gasteiger partial charge in [-0.25, -0.2) is 0 Å². The van der Waals surface area contributed by atoms with Crippen molar-refractivity contribution in [3.05, 3.63) is 130 Å². The minimum Gasteiger partial charge on any atom is -0.289 e. The first kappa shape index (κ1) is 15.6. The molecule has 0 fully saturated rings. The molecule has 0 amide bonds. The lowest BCUT2D eigenvalue weighted by Gasteiger charge is -2.40. The molecule has 1 nitrogen and oxygen atoms in total. The van der Waals surface area contributed by atoms with Gasteiger partial charge >= 0.3 is 0 Å². The monoisotopic (exact) mass is 358 g/mol. The number of hydrogen-bond donors (Lipinski definition) is 0. The van der Waals surface area contributed by atoms with Crippen LogP contribution in [0.25, 0.3) is 11.1 Å². The lowest BCUT2D eigenvalue weighted by atomic mass is 9.60. The quantitative estimate of drug-likeness (QED) is 0.330. The topological polar surface area (TPSA) is 17.1 Å². The number of benzene rings is 4. The van der Waals surface area contributed by atoms with Crippen molar-refractivity contribution in [1.82, 2.24) is 0 Å². The molecule has 0 aliphatic heterocycles. The van der Waals surface area contributed by atoms with Crippen molar-refractivity contribution < 1.29 is 4.79 Å². The lowest BCUT2D eigenvalue weighted by Crippen LogP contribution is -2.36. The van der Waals surface area contributed by atoms with E-state index in [-0.39, 0.29) is 5.78 Å². The zero-order chi connectivity index (χ0) is 18.9. The highest BCUT2D eigenvalue weighted by Crippen LogP contribution is 2.59. The molecule has 0 heterocycles. The second-order valence-corrected chi connectivity index (χ2v) is 7.71. The molecular formula is C27H18O. The van der Waals surface area contributed by atoms with Crippen molar-refractivity contribution in [2.45, 2.75) is 12.3 Å². The highest BCUT2D eigenvalue weighted by Gasteiger charge is 2.51. The minimum absolute atomic E-state index is 0.122. The van der Waals surface area contributed by atoms with Gasteiger partial charge in [0.05, 0.1) is 5.41 Å². The van der Waals surface area contributed by atoms with Crippen LogP contribution in [0, 0.1) is 6.92 Å². The van der Waals surface area contributed by atoms with E-state index in [2.05, 4.69) is 73.7 Å². The fraction of sp³-hybridized carbons (Fsp3) is 0.0741. The van der Waals surface area contributed by atoms with Gasteiger partial charge in [0.15, 0.2) is 5.78 Å². The van der Waals surface area contributed by atoms with Crippen molar-refractivity contribution in [1.29, 1.82) is 0 Å². The second-order valence-electron chi connectivity index (χ2n) is 7.71. The summed E-state index contributed by atoms with van der Waals surface area (Å²) in [5.74, 6) is 0.122. The first-order valence-electron chi connectivity index (χ1n) is 9.68. The van der Waals surface area contributed by atoms with Crippen LogP contribution >= 0.6 is 0 Å². The summed E-state index contributed by atoms with van der Waals surface area (Å²) in [5, 5.41) is 0. The van der Waals surface area contributed by atoms with Crippen LogP contribution in [0.3, 0.4) is 0 Å². The number of carbonyl (C=O) groups is 1. The third-order valence-corrected chi connectivity index (χ3v) is 6.42. The summed E-state index contributed by atoms with van der Waals surface area (Å²) >= 11 is 0. The van der Waals surface area contributed by atoms with Crippen LogP contribution in [0.1, 0.15) is 43.7 Å². The third kappa shape index (κ3) is 1.65. The number of carbonyl (C=O) groups excluding carboxylic acids is 1. The number of rotatable bonds is 0. The highest BCUT2D eigenvalue weighted by molar-refractivity contribution is 6.14. The first-order chi connectivity index (χ1) is 13.7. The molecule has 1 spiro atoms. The lowest BCUT2D eigenvalue weighted by molar-refractivity contribution is 0.103. The maximum Gasteiger partial charge on any atom is 0.193 e. The molecule has 0 saturated heterocycles. The van der Waals surface area contributed by atoms with Crippen molar-refractivity contribution >= 4 is 5.78 Å². The molecule has 2 aliphatic rings. The number of ketones is 1. The van der Waals surface area contributed by atoms with Crippen LogP contribution < -0.4 is 0 Å². The number of hydrogen-bond acceptors (Lipinski definition) is 1. The number of fused-ring (bicyclic) bond motifs is 9. The average Bonchev–Trinajstić information content (AvgIpc) is 3.05. The van der Waals surface area contributed by atoms with Gasteiger partial charge in [0.2, 0.25) is 0 Å². The van der Waals surface area contributed by atoms with E-state index in [0.717, 1.165) is 22.3 Å². The fourth-order valence-electron chi connectivity index (χ4n) is 5.44. The molecule has 0 radical (unpaired) electrons.